The molecule has 2 aromatic heterocycles. The lowest BCUT2D eigenvalue weighted by Crippen LogP contribution is -2.41. The van der Waals surface area contributed by atoms with Crippen molar-refractivity contribution in [2.24, 2.45) is 5.92 Å². The van der Waals surface area contributed by atoms with Gasteiger partial charge in [0.2, 0.25) is 10.8 Å². The van der Waals surface area contributed by atoms with Gasteiger partial charge in [0.25, 0.3) is 0 Å². The van der Waals surface area contributed by atoms with Crippen LogP contribution in [0.15, 0.2) is 24.3 Å². The van der Waals surface area contributed by atoms with E-state index in [4.69, 9.17) is 4.74 Å². The van der Waals surface area contributed by atoms with Crippen LogP contribution in [0, 0.1) is 18.7 Å². The van der Waals surface area contributed by atoms with Crippen LogP contribution in [0.5, 0.6) is 5.88 Å². The number of likely N-dealkylation sites (tertiary alicyclic amines) is 1. The third-order valence-corrected chi connectivity index (χ3v) is 6.26. The molecule has 0 amide bonds. The van der Waals surface area contributed by atoms with E-state index in [1.807, 2.05) is 4.90 Å². The number of hydrogen-bond donors (Lipinski definition) is 1. The second-order valence-corrected chi connectivity index (χ2v) is 8.16. The fourth-order valence-corrected chi connectivity index (χ4v) is 5.07. The van der Waals surface area contributed by atoms with Gasteiger partial charge in [-0.05, 0) is 39.3 Å². The van der Waals surface area contributed by atoms with Crippen molar-refractivity contribution in [3.05, 3.63) is 46.3 Å². The normalized spacial score (nSPS) is 18.8. The highest BCUT2D eigenvalue weighted by atomic mass is 32.1. The van der Waals surface area contributed by atoms with Gasteiger partial charge in [-0.15, -0.1) is 5.10 Å². The van der Waals surface area contributed by atoms with Gasteiger partial charge in [0.15, 0.2) is 0 Å². The Morgan fingerprint density at radius 1 is 1.45 bits per heavy atom. The molecule has 154 valence electrons. The largest absolute Gasteiger partial charge is 0.492 e. The number of nitrogens with zero attached hydrogens (tertiary/aromatic N) is 4. The lowest BCUT2D eigenvalue weighted by molar-refractivity contribution is -0.150. The van der Waals surface area contributed by atoms with E-state index < -0.39 is 6.04 Å². The number of carbonyl (C=O) groups excluding carboxylic acids is 1. The number of esters is 1. The summed E-state index contributed by atoms with van der Waals surface area (Å²) in [5.74, 6) is -0.347. The van der Waals surface area contributed by atoms with Crippen molar-refractivity contribution in [1.29, 1.82) is 0 Å². The lowest BCUT2D eigenvalue weighted by Gasteiger charge is -2.37. The zero-order valence-corrected chi connectivity index (χ0v) is 17.2. The number of rotatable bonds is 5. The zero-order valence-electron chi connectivity index (χ0n) is 16.3. The van der Waals surface area contributed by atoms with Crippen LogP contribution in [0.3, 0.4) is 0 Å². The van der Waals surface area contributed by atoms with Gasteiger partial charge < -0.3 is 9.84 Å². The first kappa shape index (κ1) is 19.8. The molecule has 4 rings (SSSR count). The zero-order chi connectivity index (χ0) is 20.5. The van der Waals surface area contributed by atoms with E-state index in [0.29, 0.717) is 40.9 Å². The van der Waals surface area contributed by atoms with Crippen molar-refractivity contribution >= 4 is 22.3 Å². The molecule has 0 bridgehead atoms. The second kappa shape index (κ2) is 8.08. The summed E-state index contributed by atoms with van der Waals surface area (Å²) >= 11 is 1.28. The van der Waals surface area contributed by atoms with E-state index in [0.717, 1.165) is 12.8 Å². The minimum absolute atomic E-state index is 0.0443. The average Bonchev–Trinajstić information content (AvgIpc) is 3.21. The Labute approximate surface area is 171 Å². The number of ether oxygens (including phenoxy) is 1. The van der Waals surface area contributed by atoms with Gasteiger partial charge in [-0.2, -0.15) is 4.52 Å². The maximum atomic E-state index is 14.8. The van der Waals surface area contributed by atoms with E-state index in [9.17, 15) is 14.3 Å². The van der Waals surface area contributed by atoms with Crippen LogP contribution in [0.1, 0.15) is 42.1 Å². The van der Waals surface area contributed by atoms with E-state index in [1.165, 1.54) is 21.9 Å². The van der Waals surface area contributed by atoms with Crippen LogP contribution in [-0.2, 0) is 9.53 Å². The topological polar surface area (TPSA) is 80.0 Å². The Morgan fingerprint density at radius 2 is 2.24 bits per heavy atom. The molecule has 3 aromatic rings. The molecule has 0 aliphatic carbocycles. The van der Waals surface area contributed by atoms with Crippen LogP contribution in [0.25, 0.3) is 4.96 Å². The predicted molar refractivity (Wildman–Crippen MR) is 106 cm³/mol. The van der Waals surface area contributed by atoms with Crippen LogP contribution in [0.4, 0.5) is 4.39 Å². The number of hydrogen-bond acceptors (Lipinski definition) is 7. The van der Waals surface area contributed by atoms with Crippen LogP contribution < -0.4 is 0 Å². The number of carbonyl (C=O) groups is 1. The van der Waals surface area contributed by atoms with Gasteiger partial charge in [0.05, 0.1) is 23.4 Å². The highest BCUT2D eigenvalue weighted by molar-refractivity contribution is 7.17. The van der Waals surface area contributed by atoms with E-state index in [-0.39, 0.29) is 23.6 Å². The maximum Gasteiger partial charge on any atom is 0.310 e. The molecule has 2 atom stereocenters. The van der Waals surface area contributed by atoms with Crippen molar-refractivity contribution in [3.8, 4) is 5.88 Å². The third kappa shape index (κ3) is 3.72. The number of aromatic nitrogens is 3. The molecule has 1 aromatic carbocycles. The Bertz CT molecular complexity index is 1030. The molecule has 0 saturated carbocycles. The fraction of sp³-hybridized carbons (Fsp3) is 0.450. The molecule has 0 unspecified atom stereocenters. The minimum atomic E-state index is -0.540. The Morgan fingerprint density at radius 3 is 2.97 bits per heavy atom. The smallest absolute Gasteiger partial charge is 0.310 e. The number of benzene rings is 1. The summed E-state index contributed by atoms with van der Waals surface area (Å²) in [7, 11) is 0. The highest BCUT2D eigenvalue weighted by Crippen LogP contribution is 2.42. The first-order chi connectivity index (χ1) is 14.0. The molecule has 1 aliphatic heterocycles. The van der Waals surface area contributed by atoms with Crippen molar-refractivity contribution < 1.29 is 19.0 Å². The Hall–Kier alpha value is -2.52. The molecule has 3 heterocycles. The molecule has 1 N–H and O–H groups in total. The number of aromatic hydroxyl groups is 1. The Balaban J connectivity index is 1.76. The monoisotopic (exact) mass is 418 g/mol. The van der Waals surface area contributed by atoms with Crippen molar-refractivity contribution in [1.82, 2.24) is 19.5 Å². The standard InChI is InChI=1S/C20H23FN4O3S/c1-3-28-19(27)13-7-6-10-24(11-13)16(14-8-4-5-9-15(14)21)17-18(26)25-20(29-17)22-12(2)23-25/h4-5,8-9,13,16,26H,3,6-7,10-11H2,1-2H3/t13-,16+/m1/s1. The molecule has 1 saturated heterocycles. The molecule has 1 fully saturated rings. The molecular formula is C20H23FN4O3S. The minimum Gasteiger partial charge on any atom is -0.492 e. The summed E-state index contributed by atoms with van der Waals surface area (Å²) in [6.45, 7) is 4.99. The summed E-state index contributed by atoms with van der Waals surface area (Å²) < 4.78 is 21.4. The highest BCUT2D eigenvalue weighted by Gasteiger charge is 2.36. The first-order valence-corrected chi connectivity index (χ1v) is 10.5. The second-order valence-electron chi connectivity index (χ2n) is 7.15. The van der Waals surface area contributed by atoms with Gasteiger partial charge in [0.1, 0.15) is 11.6 Å². The molecule has 29 heavy (non-hydrogen) atoms. The Kier molecular flexibility index (Phi) is 5.51. The molecule has 1 aliphatic rings. The van der Waals surface area contributed by atoms with Gasteiger partial charge >= 0.3 is 5.97 Å². The van der Waals surface area contributed by atoms with E-state index in [1.54, 1.807) is 32.0 Å². The van der Waals surface area contributed by atoms with Crippen molar-refractivity contribution in [3.63, 3.8) is 0 Å². The van der Waals surface area contributed by atoms with Gasteiger partial charge in [-0.1, -0.05) is 29.5 Å². The van der Waals surface area contributed by atoms with E-state index in [2.05, 4.69) is 10.1 Å². The molecule has 7 nitrogen and oxygen atoms in total. The van der Waals surface area contributed by atoms with Crippen LogP contribution >= 0.6 is 11.3 Å². The van der Waals surface area contributed by atoms with Gasteiger partial charge in [-0.3, -0.25) is 9.69 Å². The summed E-state index contributed by atoms with van der Waals surface area (Å²) in [6.07, 6.45) is 1.52. The van der Waals surface area contributed by atoms with Gasteiger partial charge in [0, 0.05) is 12.1 Å². The average molecular weight is 418 g/mol. The fourth-order valence-electron chi connectivity index (χ4n) is 3.92. The molecule has 0 radical (unpaired) electrons. The molecule has 0 spiro atoms. The van der Waals surface area contributed by atoms with Crippen LogP contribution in [-0.4, -0.2) is 50.3 Å². The summed E-state index contributed by atoms with van der Waals surface area (Å²) in [6, 6.07) is 6.00. The summed E-state index contributed by atoms with van der Waals surface area (Å²) in [5.41, 5.74) is 0.452. The van der Waals surface area contributed by atoms with Gasteiger partial charge in [-0.25, -0.2) is 9.37 Å². The quantitative estimate of drug-likeness (QED) is 0.641. The molecular weight excluding hydrogens is 395 g/mol. The number of thiazole rings is 1. The number of fused-ring (bicyclic) bond motifs is 1. The van der Waals surface area contributed by atoms with Crippen molar-refractivity contribution in [2.75, 3.05) is 19.7 Å². The van der Waals surface area contributed by atoms with Crippen molar-refractivity contribution in [2.45, 2.75) is 32.7 Å². The van der Waals surface area contributed by atoms with E-state index >= 15 is 0 Å². The summed E-state index contributed by atoms with van der Waals surface area (Å²) in [5, 5.41) is 15.1. The summed E-state index contributed by atoms with van der Waals surface area (Å²) in [4.78, 5) is 19.8. The predicted octanol–water partition coefficient (Wildman–Crippen LogP) is 3.31. The number of aryl methyl sites for hydroxylation is 1. The number of halogens is 1. The SMILES string of the molecule is CCOC(=O)[C@@H]1CCCN([C@@H](c2ccccc2F)c2sc3nc(C)nn3c2O)C1. The maximum absolute atomic E-state index is 14.8. The van der Waals surface area contributed by atoms with Crippen LogP contribution in [0.2, 0.25) is 0 Å². The lowest BCUT2D eigenvalue weighted by atomic mass is 9.94. The molecule has 9 heteroatoms. The first-order valence-electron chi connectivity index (χ1n) is 9.69. The third-order valence-electron chi connectivity index (χ3n) is 5.19. The number of piperidine rings is 1.